The average molecular weight is 270 g/mol. The normalized spacial score (nSPS) is 12.2. The summed E-state index contributed by atoms with van der Waals surface area (Å²) in [5.74, 6) is -1.69. The van der Waals surface area contributed by atoms with Crippen LogP contribution in [-0.2, 0) is 11.3 Å². The second-order valence-corrected chi connectivity index (χ2v) is 4.16. The lowest BCUT2D eigenvalue weighted by Crippen LogP contribution is -2.20. The van der Waals surface area contributed by atoms with E-state index in [4.69, 9.17) is 0 Å². The number of rotatable bonds is 3. The fraction of sp³-hybridized carbons (Fsp3) is 0. The summed E-state index contributed by atoms with van der Waals surface area (Å²) in [7, 11) is 0. The van der Waals surface area contributed by atoms with Crippen molar-refractivity contribution in [2.24, 2.45) is 0 Å². The predicted molar refractivity (Wildman–Crippen MR) is 63.5 cm³/mol. The van der Waals surface area contributed by atoms with E-state index >= 15 is 0 Å². The van der Waals surface area contributed by atoms with Crippen LogP contribution in [0.25, 0.3) is 0 Å². The molecule has 0 saturated carbocycles. The molecular weight excluding hydrogens is 262 g/mol. The zero-order chi connectivity index (χ0) is 13.1. The molecular formula is C11H8F2N2O2S. The number of halogens is 2. The summed E-state index contributed by atoms with van der Waals surface area (Å²) in [6.45, 7) is 0. The first-order valence-electron chi connectivity index (χ1n) is 4.86. The standard InChI is InChI=1S/C11H8F2N2O2S/c12-8-3-4-11(10(13)6-8)15(18(16)17)9-2-1-5-14-7-9/h1-7H,(H,16,17). The Morgan fingerprint density at radius 3 is 2.61 bits per heavy atom. The first kappa shape index (κ1) is 12.6. The Kier molecular flexibility index (Phi) is 3.63. The summed E-state index contributed by atoms with van der Waals surface area (Å²) in [5, 5.41) is 0. The molecule has 1 heterocycles. The van der Waals surface area contributed by atoms with E-state index in [9.17, 15) is 17.5 Å². The number of benzene rings is 1. The highest BCUT2D eigenvalue weighted by molar-refractivity contribution is 7.81. The van der Waals surface area contributed by atoms with Crippen LogP contribution in [0, 0.1) is 11.6 Å². The van der Waals surface area contributed by atoms with Crippen molar-refractivity contribution < 1.29 is 17.5 Å². The van der Waals surface area contributed by atoms with Crippen molar-refractivity contribution in [3.05, 3.63) is 54.4 Å². The van der Waals surface area contributed by atoms with Gasteiger partial charge < -0.3 is 0 Å². The van der Waals surface area contributed by atoms with Gasteiger partial charge in [0, 0.05) is 12.3 Å². The number of nitrogens with zero attached hydrogens (tertiary/aromatic N) is 2. The molecule has 0 amide bonds. The minimum atomic E-state index is -2.49. The Morgan fingerprint density at radius 1 is 1.28 bits per heavy atom. The largest absolute Gasteiger partial charge is 0.289 e. The number of pyridine rings is 1. The van der Waals surface area contributed by atoms with Gasteiger partial charge in [-0.3, -0.25) is 9.54 Å². The molecule has 94 valence electrons. The minimum Gasteiger partial charge on any atom is -0.289 e. The molecule has 2 rings (SSSR count). The summed E-state index contributed by atoms with van der Waals surface area (Å²) in [6.07, 6.45) is 2.78. The molecule has 4 nitrogen and oxygen atoms in total. The van der Waals surface area contributed by atoms with E-state index in [0.29, 0.717) is 6.07 Å². The van der Waals surface area contributed by atoms with E-state index in [1.807, 2.05) is 0 Å². The van der Waals surface area contributed by atoms with E-state index in [1.54, 1.807) is 0 Å². The van der Waals surface area contributed by atoms with Crippen LogP contribution in [0.2, 0.25) is 0 Å². The molecule has 0 bridgehead atoms. The summed E-state index contributed by atoms with van der Waals surface area (Å²) in [5.41, 5.74) is 0.0223. The second-order valence-electron chi connectivity index (χ2n) is 3.33. The van der Waals surface area contributed by atoms with E-state index in [1.165, 1.54) is 24.5 Å². The fourth-order valence-electron chi connectivity index (χ4n) is 1.43. The van der Waals surface area contributed by atoms with E-state index in [2.05, 4.69) is 4.98 Å². The van der Waals surface area contributed by atoms with Gasteiger partial charge in [0.25, 0.3) is 11.3 Å². The summed E-state index contributed by atoms with van der Waals surface area (Å²) < 4.78 is 47.7. The van der Waals surface area contributed by atoms with Crippen LogP contribution in [0.4, 0.5) is 20.2 Å². The van der Waals surface area contributed by atoms with E-state index < -0.39 is 22.9 Å². The Labute approximate surface area is 104 Å². The van der Waals surface area contributed by atoms with Gasteiger partial charge in [-0.2, -0.15) is 0 Å². The van der Waals surface area contributed by atoms with Gasteiger partial charge in [0.05, 0.1) is 17.6 Å². The highest BCUT2D eigenvalue weighted by atomic mass is 32.2. The zero-order valence-electron chi connectivity index (χ0n) is 8.96. The molecule has 1 atom stereocenters. The van der Waals surface area contributed by atoms with Gasteiger partial charge in [-0.15, -0.1) is 0 Å². The summed E-state index contributed by atoms with van der Waals surface area (Å²) in [4.78, 5) is 3.78. The molecule has 18 heavy (non-hydrogen) atoms. The van der Waals surface area contributed by atoms with Crippen molar-refractivity contribution in [1.29, 1.82) is 0 Å². The van der Waals surface area contributed by atoms with Crippen LogP contribution in [0.1, 0.15) is 0 Å². The number of aromatic nitrogens is 1. The summed E-state index contributed by atoms with van der Waals surface area (Å²) in [6, 6.07) is 5.77. The maximum atomic E-state index is 13.6. The predicted octanol–water partition coefficient (Wildman–Crippen LogP) is 2.63. The average Bonchev–Trinajstić information content (AvgIpc) is 2.33. The van der Waals surface area contributed by atoms with Crippen molar-refractivity contribution in [1.82, 2.24) is 4.98 Å². The van der Waals surface area contributed by atoms with Crippen molar-refractivity contribution in [2.75, 3.05) is 4.31 Å². The Morgan fingerprint density at radius 2 is 2.06 bits per heavy atom. The third-order valence-corrected chi connectivity index (χ3v) is 2.89. The zero-order valence-corrected chi connectivity index (χ0v) is 9.77. The quantitative estimate of drug-likeness (QED) is 0.872. The molecule has 0 aliphatic carbocycles. The Hall–Kier alpha value is -1.86. The molecule has 1 unspecified atom stereocenters. The van der Waals surface area contributed by atoms with Crippen LogP contribution in [0.5, 0.6) is 0 Å². The van der Waals surface area contributed by atoms with Gasteiger partial charge >= 0.3 is 0 Å². The van der Waals surface area contributed by atoms with E-state index in [0.717, 1.165) is 16.4 Å². The fourth-order valence-corrected chi connectivity index (χ4v) is 2.04. The van der Waals surface area contributed by atoms with Crippen LogP contribution in [-0.4, -0.2) is 13.7 Å². The molecule has 0 saturated heterocycles. The number of anilines is 2. The van der Waals surface area contributed by atoms with Crippen LogP contribution in [0.3, 0.4) is 0 Å². The molecule has 0 radical (unpaired) electrons. The highest BCUT2D eigenvalue weighted by Crippen LogP contribution is 2.28. The Balaban J connectivity index is 2.52. The van der Waals surface area contributed by atoms with Crippen molar-refractivity contribution in [3.63, 3.8) is 0 Å². The topological polar surface area (TPSA) is 53.4 Å². The third-order valence-electron chi connectivity index (χ3n) is 2.17. The first-order chi connectivity index (χ1) is 8.59. The molecule has 0 spiro atoms. The van der Waals surface area contributed by atoms with Gasteiger partial charge in [-0.25, -0.2) is 17.3 Å². The minimum absolute atomic E-state index is 0.203. The molecule has 0 fully saturated rings. The smallest absolute Gasteiger partial charge is 0.266 e. The van der Waals surface area contributed by atoms with Gasteiger partial charge in [-0.05, 0) is 24.3 Å². The van der Waals surface area contributed by atoms with Gasteiger partial charge in [0.1, 0.15) is 5.82 Å². The maximum absolute atomic E-state index is 13.6. The molecule has 1 aromatic heterocycles. The molecule has 1 aromatic carbocycles. The number of hydrogen-bond donors (Lipinski definition) is 1. The second kappa shape index (κ2) is 5.19. The molecule has 0 aliphatic heterocycles. The summed E-state index contributed by atoms with van der Waals surface area (Å²) >= 11 is -2.49. The van der Waals surface area contributed by atoms with Crippen LogP contribution in [0.15, 0.2) is 42.7 Å². The Bertz CT molecular complexity index is 581. The lowest BCUT2D eigenvalue weighted by Gasteiger charge is -2.19. The molecule has 2 aromatic rings. The molecule has 7 heteroatoms. The lowest BCUT2D eigenvalue weighted by molar-refractivity contribution is 0.559. The lowest BCUT2D eigenvalue weighted by atomic mass is 10.3. The SMILES string of the molecule is O=S(O)N(c1cccnc1)c1ccc(F)cc1F. The van der Waals surface area contributed by atoms with Gasteiger partial charge in [-0.1, -0.05) is 0 Å². The monoisotopic (exact) mass is 270 g/mol. The van der Waals surface area contributed by atoms with Crippen molar-refractivity contribution in [2.45, 2.75) is 0 Å². The number of hydrogen-bond acceptors (Lipinski definition) is 2. The maximum Gasteiger partial charge on any atom is 0.266 e. The van der Waals surface area contributed by atoms with Gasteiger partial charge in [0.2, 0.25) is 0 Å². The van der Waals surface area contributed by atoms with Crippen molar-refractivity contribution in [3.8, 4) is 0 Å². The van der Waals surface area contributed by atoms with Crippen LogP contribution < -0.4 is 4.31 Å². The first-order valence-corrected chi connectivity index (χ1v) is 5.92. The van der Waals surface area contributed by atoms with Crippen LogP contribution >= 0.6 is 0 Å². The van der Waals surface area contributed by atoms with Crippen molar-refractivity contribution >= 4 is 22.6 Å². The van der Waals surface area contributed by atoms with Gasteiger partial charge in [0.15, 0.2) is 5.82 Å². The molecule has 0 aliphatic rings. The molecule has 1 N–H and O–H groups in total. The third kappa shape index (κ3) is 2.52. The highest BCUT2D eigenvalue weighted by Gasteiger charge is 2.19. The van der Waals surface area contributed by atoms with E-state index in [-0.39, 0.29) is 11.4 Å².